The Morgan fingerprint density at radius 2 is 1.43 bits per heavy atom. The van der Waals surface area contributed by atoms with Gasteiger partial charge in [0.15, 0.2) is 5.78 Å². The Kier molecular flexibility index (Phi) is 3.71. The third kappa shape index (κ3) is 2.42. The zero-order chi connectivity index (χ0) is 19.3. The Morgan fingerprint density at radius 1 is 0.786 bits per heavy atom. The predicted molar refractivity (Wildman–Crippen MR) is 112 cm³/mol. The molecule has 0 radical (unpaired) electrons. The van der Waals surface area contributed by atoms with Crippen LogP contribution in [0.4, 0.5) is 0 Å². The Morgan fingerprint density at radius 3 is 2.11 bits per heavy atom. The smallest absolute Gasteiger partial charge is 0.193 e. The Labute approximate surface area is 164 Å². The van der Waals surface area contributed by atoms with Crippen molar-refractivity contribution in [3.63, 3.8) is 0 Å². The van der Waals surface area contributed by atoms with Gasteiger partial charge in [0.2, 0.25) is 0 Å². The van der Waals surface area contributed by atoms with E-state index in [1.54, 1.807) is 0 Å². The number of aryl methyl sites for hydroxylation is 1. The van der Waals surface area contributed by atoms with Crippen LogP contribution in [0, 0.1) is 6.92 Å². The molecule has 0 aromatic heterocycles. The van der Waals surface area contributed by atoms with Gasteiger partial charge in [-0.15, -0.1) is 0 Å². The molecule has 0 bridgehead atoms. The van der Waals surface area contributed by atoms with Gasteiger partial charge in [-0.3, -0.25) is 4.79 Å². The highest BCUT2D eigenvalue weighted by molar-refractivity contribution is 6.13. The average Bonchev–Trinajstić information content (AvgIpc) is 2.72. The van der Waals surface area contributed by atoms with E-state index in [4.69, 9.17) is 0 Å². The van der Waals surface area contributed by atoms with Gasteiger partial charge in [0.25, 0.3) is 0 Å². The zero-order valence-corrected chi connectivity index (χ0v) is 15.6. The minimum Gasteiger partial charge on any atom is -0.380 e. The van der Waals surface area contributed by atoms with Crippen molar-refractivity contribution in [3.05, 3.63) is 118 Å². The fraction of sp³-hybridized carbons (Fsp3) is 0.115. The number of fused-ring (bicyclic) bond motifs is 3. The first-order valence-electron chi connectivity index (χ1n) is 9.52. The number of hydrogen-bond acceptors (Lipinski definition) is 2. The lowest BCUT2D eigenvalue weighted by atomic mass is 9.71. The molecule has 0 amide bonds. The largest absolute Gasteiger partial charge is 0.380 e. The molecule has 0 unspecified atom stereocenters. The molecule has 136 valence electrons. The maximum Gasteiger partial charge on any atom is 0.193 e. The molecule has 1 N–H and O–H groups in total. The monoisotopic (exact) mass is 364 g/mol. The van der Waals surface area contributed by atoms with Crippen molar-refractivity contribution in [2.45, 2.75) is 18.9 Å². The maximum atomic E-state index is 13.0. The van der Waals surface area contributed by atoms with Crippen molar-refractivity contribution in [1.29, 1.82) is 0 Å². The summed E-state index contributed by atoms with van der Waals surface area (Å²) in [5.41, 5.74) is 3.56. The maximum absolute atomic E-state index is 13.0. The normalized spacial score (nSPS) is 14.6. The molecular weight excluding hydrogens is 344 g/mol. The zero-order valence-electron chi connectivity index (χ0n) is 15.6. The molecule has 4 aromatic carbocycles. The van der Waals surface area contributed by atoms with Crippen LogP contribution in [0.25, 0.3) is 10.8 Å². The first-order chi connectivity index (χ1) is 13.6. The summed E-state index contributed by atoms with van der Waals surface area (Å²) in [4.78, 5) is 13.0. The highest BCUT2D eigenvalue weighted by Crippen LogP contribution is 2.42. The van der Waals surface area contributed by atoms with E-state index in [-0.39, 0.29) is 5.78 Å². The van der Waals surface area contributed by atoms with Gasteiger partial charge in [-0.2, -0.15) is 0 Å². The fourth-order valence-electron chi connectivity index (χ4n) is 4.46. The van der Waals surface area contributed by atoms with Crippen molar-refractivity contribution in [3.8, 4) is 0 Å². The Bertz CT molecular complexity index is 1190. The quantitative estimate of drug-likeness (QED) is 0.533. The third-order valence-corrected chi connectivity index (χ3v) is 5.81. The molecule has 0 saturated heterocycles. The van der Waals surface area contributed by atoms with Gasteiger partial charge in [0.1, 0.15) is 5.60 Å². The first-order valence-corrected chi connectivity index (χ1v) is 9.52. The predicted octanol–water partition coefficient (Wildman–Crippen LogP) is 5.17. The number of carbonyl (C=O) groups excluding carboxylic acids is 1. The van der Waals surface area contributed by atoms with E-state index >= 15 is 0 Å². The lowest BCUT2D eigenvalue weighted by molar-refractivity contribution is 0.0723. The van der Waals surface area contributed by atoms with Gasteiger partial charge >= 0.3 is 0 Å². The summed E-state index contributed by atoms with van der Waals surface area (Å²) < 4.78 is 0. The van der Waals surface area contributed by atoms with Gasteiger partial charge in [0, 0.05) is 17.5 Å². The van der Waals surface area contributed by atoms with E-state index in [2.05, 4.69) is 37.3 Å². The van der Waals surface area contributed by atoms with Crippen molar-refractivity contribution in [2.75, 3.05) is 0 Å². The summed E-state index contributed by atoms with van der Waals surface area (Å²) in [7, 11) is 0. The van der Waals surface area contributed by atoms with Crippen molar-refractivity contribution in [1.82, 2.24) is 0 Å². The summed E-state index contributed by atoms with van der Waals surface area (Å²) in [6, 6.07) is 27.4. The van der Waals surface area contributed by atoms with E-state index in [1.165, 1.54) is 5.56 Å². The summed E-state index contributed by atoms with van der Waals surface area (Å²) in [6.07, 6.45) is 0.411. The molecule has 0 heterocycles. The second kappa shape index (κ2) is 6.15. The molecule has 2 nitrogen and oxygen atoms in total. The molecule has 0 fully saturated rings. The molecule has 4 aromatic rings. The fourth-order valence-corrected chi connectivity index (χ4v) is 4.46. The third-order valence-electron chi connectivity index (χ3n) is 5.81. The summed E-state index contributed by atoms with van der Waals surface area (Å²) >= 11 is 0. The average molecular weight is 364 g/mol. The summed E-state index contributed by atoms with van der Waals surface area (Å²) in [6.45, 7) is 2.08. The van der Waals surface area contributed by atoms with E-state index < -0.39 is 5.60 Å². The number of carbonyl (C=O) groups is 1. The number of ketones is 1. The number of benzene rings is 4. The van der Waals surface area contributed by atoms with Gasteiger partial charge in [-0.1, -0.05) is 90.5 Å². The molecule has 2 heteroatoms. The molecule has 0 saturated carbocycles. The second-order valence-electron chi connectivity index (χ2n) is 7.60. The van der Waals surface area contributed by atoms with Gasteiger partial charge < -0.3 is 5.11 Å². The van der Waals surface area contributed by atoms with E-state index in [9.17, 15) is 9.90 Å². The highest BCUT2D eigenvalue weighted by Gasteiger charge is 2.42. The first kappa shape index (κ1) is 16.9. The van der Waals surface area contributed by atoms with Crippen LogP contribution in [0.5, 0.6) is 0 Å². The minimum atomic E-state index is -1.25. The minimum absolute atomic E-state index is 0.0237. The van der Waals surface area contributed by atoms with E-state index in [0.717, 1.165) is 16.3 Å². The van der Waals surface area contributed by atoms with Crippen LogP contribution in [-0.4, -0.2) is 10.9 Å². The van der Waals surface area contributed by atoms with Crippen LogP contribution >= 0.6 is 0 Å². The molecule has 0 spiro atoms. The van der Waals surface area contributed by atoms with Crippen molar-refractivity contribution in [2.24, 2.45) is 0 Å². The van der Waals surface area contributed by atoms with Crippen LogP contribution in [0.2, 0.25) is 0 Å². The summed E-state index contributed by atoms with van der Waals surface area (Å²) in [5.74, 6) is -0.0237. The molecule has 0 aliphatic heterocycles. The number of hydrogen-bond donors (Lipinski definition) is 1. The molecule has 1 aliphatic carbocycles. The second-order valence-corrected chi connectivity index (χ2v) is 7.60. The Balaban J connectivity index is 1.75. The van der Waals surface area contributed by atoms with E-state index in [0.29, 0.717) is 28.7 Å². The Hall–Kier alpha value is -3.23. The van der Waals surface area contributed by atoms with Gasteiger partial charge in [-0.05, 0) is 34.4 Å². The topological polar surface area (TPSA) is 37.3 Å². The molecular formula is C26H20O2. The lowest BCUT2D eigenvalue weighted by Crippen LogP contribution is -2.37. The van der Waals surface area contributed by atoms with Crippen LogP contribution in [0.3, 0.4) is 0 Å². The lowest BCUT2D eigenvalue weighted by Gasteiger charge is -2.36. The van der Waals surface area contributed by atoms with Crippen LogP contribution < -0.4 is 0 Å². The number of rotatable bonds is 2. The standard InChI is InChI=1S/C26H20O2/c1-17-13-14-20-18(15-17)7-6-8-19(20)16-26(28)23-11-4-2-9-21(23)25(27)22-10-3-5-12-24(22)26/h2-15,28H,16H2,1H3. The van der Waals surface area contributed by atoms with Gasteiger partial charge in [0.05, 0.1) is 0 Å². The van der Waals surface area contributed by atoms with Crippen LogP contribution in [-0.2, 0) is 12.0 Å². The molecule has 5 rings (SSSR count). The van der Waals surface area contributed by atoms with Crippen LogP contribution in [0.15, 0.2) is 84.9 Å². The highest BCUT2D eigenvalue weighted by atomic mass is 16.3. The van der Waals surface area contributed by atoms with Gasteiger partial charge in [-0.25, -0.2) is 0 Å². The van der Waals surface area contributed by atoms with Crippen LogP contribution in [0.1, 0.15) is 38.2 Å². The number of aliphatic hydroxyl groups is 1. The molecule has 0 atom stereocenters. The van der Waals surface area contributed by atoms with Crippen molar-refractivity contribution >= 4 is 16.6 Å². The van der Waals surface area contributed by atoms with E-state index in [1.807, 2.05) is 54.6 Å². The SMILES string of the molecule is Cc1ccc2c(CC3(O)c4ccccc4C(=O)c4ccccc43)cccc2c1. The van der Waals surface area contributed by atoms with Crippen molar-refractivity contribution < 1.29 is 9.90 Å². The summed E-state index contributed by atoms with van der Waals surface area (Å²) in [5, 5.41) is 14.3. The molecule has 28 heavy (non-hydrogen) atoms. The molecule has 1 aliphatic rings.